The second-order valence-corrected chi connectivity index (χ2v) is 6.72. The minimum Gasteiger partial charge on any atom is -0.377 e. The summed E-state index contributed by atoms with van der Waals surface area (Å²) in [6.45, 7) is 0.819. The molecule has 0 aliphatic carbocycles. The normalized spacial score (nSPS) is 17.6. The van der Waals surface area contributed by atoms with Gasteiger partial charge in [-0.1, -0.05) is 0 Å². The first kappa shape index (κ1) is 17.0. The fraction of sp³-hybridized carbons (Fsp3) is 0.412. The van der Waals surface area contributed by atoms with Crippen molar-refractivity contribution >= 4 is 23.4 Å². The van der Waals surface area contributed by atoms with Gasteiger partial charge >= 0.3 is 0 Å². The van der Waals surface area contributed by atoms with Crippen LogP contribution in [-0.4, -0.2) is 39.7 Å². The number of amides is 1. The highest BCUT2D eigenvalue weighted by atomic mass is 32.2. The molecule has 7 heteroatoms. The zero-order chi connectivity index (χ0) is 16.8. The van der Waals surface area contributed by atoms with Gasteiger partial charge in [-0.05, 0) is 37.5 Å². The molecule has 1 unspecified atom stereocenters. The predicted octanol–water partition coefficient (Wildman–Crippen LogP) is 3.25. The summed E-state index contributed by atoms with van der Waals surface area (Å²) >= 11 is 1.55. The van der Waals surface area contributed by atoms with E-state index in [1.807, 2.05) is 0 Å². The molecular formula is C17H20FN3O2S. The van der Waals surface area contributed by atoms with Crippen molar-refractivity contribution in [2.75, 3.05) is 23.4 Å². The van der Waals surface area contributed by atoms with E-state index < -0.39 is 5.82 Å². The first-order chi connectivity index (χ1) is 11.7. The number of nitrogens with zero attached hydrogens (tertiary/aromatic N) is 2. The van der Waals surface area contributed by atoms with Crippen molar-refractivity contribution in [2.45, 2.75) is 25.4 Å². The van der Waals surface area contributed by atoms with Crippen LogP contribution in [0.3, 0.4) is 0 Å². The Morgan fingerprint density at radius 3 is 3.08 bits per heavy atom. The van der Waals surface area contributed by atoms with Crippen molar-refractivity contribution < 1.29 is 13.9 Å². The SMILES string of the molecule is O=C(CSCC1CCCCO1)Nc1ccc(-n2ccnc2)c(F)c1. The zero-order valence-corrected chi connectivity index (χ0v) is 14.1. The number of thioether (sulfide) groups is 1. The lowest BCUT2D eigenvalue weighted by atomic mass is 10.1. The highest BCUT2D eigenvalue weighted by Gasteiger charge is 2.14. The fourth-order valence-corrected chi connectivity index (χ4v) is 3.52. The van der Waals surface area contributed by atoms with Gasteiger partial charge in [-0.2, -0.15) is 0 Å². The molecule has 0 spiro atoms. The van der Waals surface area contributed by atoms with Crippen molar-refractivity contribution in [3.05, 3.63) is 42.7 Å². The molecule has 1 fully saturated rings. The molecule has 0 radical (unpaired) electrons. The first-order valence-electron chi connectivity index (χ1n) is 7.99. The standard InChI is InChI=1S/C17H20FN3O2S/c18-15-9-13(4-5-16(15)21-7-6-19-12-21)20-17(22)11-24-10-14-3-1-2-8-23-14/h4-7,9,12,14H,1-3,8,10-11H2,(H,20,22). The van der Waals surface area contributed by atoms with Crippen molar-refractivity contribution in [1.82, 2.24) is 9.55 Å². The molecule has 128 valence electrons. The number of rotatable bonds is 6. The molecule has 1 atom stereocenters. The fourth-order valence-electron chi connectivity index (χ4n) is 2.61. The Kier molecular flexibility index (Phi) is 5.87. The van der Waals surface area contributed by atoms with Gasteiger partial charge in [-0.15, -0.1) is 11.8 Å². The maximum absolute atomic E-state index is 14.1. The number of ether oxygens (including phenoxy) is 1. The molecule has 1 amide bonds. The van der Waals surface area contributed by atoms with Gasteiger partial charge in [0.25, 0.3) is 0 Å². The van der Waals surface area contributed by atoms with E-state index in [0.717, 1.165) is 25.2 Å². The monoisotopic (exact) mass is 349 g/mol. The molecule has 5 nitrogen and oxygen atoms in total. The van der Waals surface area contributed by atoms with Crippen LogP contribution in [0.5, 0.6) is 0 Å². The number of hydrogen-bond donors (Lipinski definition) is 1. The highest BCUT2D eigenvalue weighted by Crippen LogP contribution is 2.19. The third-order valence-electron chi connectivity index (χ3n) is 3.82. The minimum atomic E-state index is -0.408. The largest absolute Gasteiger partial charge is 0.377 e. The van der Waals surface area contributed by atoms with Crippen LogP contribution in [0.25, 0.3) is 5.69 Å². The Balaban J connectivity index is 1.48. The topological polar surface area (TPSA) is 56.1 Å². The van der Waals surface area contributed by atoms with Crippen molar-refractivity contribution in [3.8, 4) is 5.69 Å². The third kappa shape index (κ3) is 4.58. The molecular weight excluding hydrogens is 329 g/mol. The Labute approximate surface area is 144 Å². The van der Waals surface area contributed by atoms with Crippen LogP contribution < -0.4 is 5.32 Å². The Bertz CT molecular complexity index is 672. The number of anilines is 1. The lowest BCUT2D eigenvalue weighted by Gasteiger charge is -2.21. The van der Waals surface area contributed by atoms with Crippen LogP contribution in [0.4, 0.5) is 10.1 Å². The lowest BCUT2D eigenvalue weighted by Crippen LogP contribution is -2.23. The van der Waals surface area contributed by atoms with Crippen LogP contribution >= 0.6 is 11.8 Å². The van der Waals surface area contributed by atoms with Crippen molar-refractivity contribution in [2.24, 2.45) is 0 Å². The number of carbonyl (C=O) groups excluding carboxylic acids is 1. The highest BCUT2D eigenvalue weighted by molar-refractivity contribution is 8.00. The summed E-state index contributed by atoms with van der Waals surface area (Å²) in [5.74, 6) is 0.617. The molecule has 1 N–H and O–H groups in total. The van der Waals surface area contributed by atoms with Crippen LogP contribution in [0.1, 0.15) is 19.3 Å². The summed E-state index contributed by atoms with van der Waals surface area (Å²) < 4.78 is 21.4. The summed E-state index contributed by atoms with van der Waals surface area (Å²) in [5.41, 5.74) is 0.852. The first-order valence-corrected chi connectivity index (χ1v) is 9.15. The Hall–Kier alpha value is -1.86. The number of imidazole rings is 1. The zero-order valence-electron chi connectivity index (χ0n) is 13.3. The van der Waals surface area contributed by atoms with Gasteiger partial charge in [-0.3, -0.25) is 4.79 Å². The molecule has 2 aromatic rings. The Morgan fingerprint density at radius 1 is 1.46 bits per heavy atom. The molecule has 0 bridgehead atoms. The number of carbonyl (C=O) groups is 1. The quantitative estimate of drug-likeness (QED) is 0.870. The Morgan fingerprint density at radius 2 is 2.38 bits per heavy atom. The number of halogens is 1. The second-order valence-electron chi connectivity index (χ2n) is 5.69. The third-order valence-corrected chi connectivity index (χ3v) is 4.90. The van der Waals surface area contributed by atoms with Gasteiger partial charge in [0.1, 0.15) is 5.82 Å². The predicted molar refractivity (Wildman–Crippen MR) is 93.1 cm³/mol. The van der Waals surface area contributed by atoms with Crippen LogP contribution in [0.2, 0.25) is 0 Å². The van der Waals surface area contributed by atoms with Crippen molar-refractivity contribution in [3.63, 3.8) is 0 Å². The molecule has 0 saturated carbocycles. The minimum absolute atomic E-state index is 0.134. The van der Waals surface area contributed by atoms with E-state index in [-0.39, 0.29) is 12.0 Å². The maximum Gasteiger partial charge on any atom is 0.234 e. The van der Waals surface area contributed by atoms with Gasteiger partial charge in [0, 0.05) is 30.4 Å². The summed E-state index contributed by atoms with van der Waals surface area (Å²) in [4.78, 5) is 15.9. The average Bonchev–Trinajstić information content (AvgIpc) is 3.10. The summed E-state index contributed by atoms with van der Waals surface area (Å²) in [5, 5.41) is 2.73. The number of aromatic nitrogens is 2. The van der Waals surface area contributed by atoms with Crippen molar-refractivity contribution in [1.29, 1.82) is 0 Å². The number of benzene rings is 1. The molecule has 2 heterocycles. The number of hydrogen-bond acceptors (Lipinski definition) is 4. The summed E-state index contributed by atoms with van der Waals surface area (Å²) in [6.07, 6.45) is 8.42. The molecule has 1 saturated heterocycles. The number of nitrogens with one attached hydrogen (secondary N) is 1. The second kappa shape index (κ2) is 8.30. The van der Waals surface area contributed by atoms with Crippen LogP contribution in [0.15, 0.2) is 36.9 Å². The summed E-state index contributed by atoms with van der Waals surface area (Å²) in [7, 11) is 0. The van der Waals surface area contributed by atoms with Gasteiger partial charge < -0.3 is 14.6 Å². The molecule has 1 aromatic heterocycles. The van der Waals surface area contributed by atoms with Crippen LogP contribution in [-0.2, 0) is 9.53 Å². The van der Waals surface area contributed by atoms with E-state index in [1.165, 1.54) is 18.8 Å². The molecule has 24 heavy (non-hydrogen) atoms. The smallest absolute Gasteiger partial charge is 0.234 e. The van der Waals surface area contributed by atoms with E-state index in [2.05, 4.69) is 10.3 Å². The average molecular weight is 349 g/mol. The van der Waals surface area contributed by atoms with Gasteiger partial charge in [0.2, 0.25) is 5.91 Å². The molecule has 1 aliphatic rings. The molecule has 3 rings (SSSR count). The van der Waals surface area contributed by atoms with E-state index in [1.54, 1.807) is 40.9 Å². The molecule has 1 aromatic carbocycles. The van der Waals surface area contributed by atoms with Gasteiger partial charge in [-0.25, -0.2) is 9.37 Å². The van der Waals surface area contributed by atoms with E-state index in [4.69, 9.17) is 4.74 Å². The van der Waals surface area contributed by atoms with Crippen LogP contribution in [0, 0.1) is 5.82 Å². The maximum atomic E-state index is 14.1. The van der Waals surface area contributed by atoms with E-state index in [9.17, 15) is 9.18 Å². The van der Waals surface area contributed by atoms with Gasteiger partial charge in [0.15, 0.2) is 0 Å². The summed E-state index contributed by atoms with van der Waals surface area (Å²) in [6, 6.07) is 4.63. The van der Waals surface area contributed by atoms with Gasteiger partial charge in [0.05, 0.1) is 23.9 Å². The van der Waals surface area contributed by atoms with E-state index in [0.29, 0.717) is 17.1 Å². The lowest BCUT2D eigenvalue weighted by molar-refractivity contribution is -0.113. The van der Waals surface area contributed by atoms with E-state index >= 15 is 0 Å². The molecule has 1 aliphatic heterocycles.